The molecule has 0 saturated carbocycles. The second-order valence-corrected chi connectivity index (χ2v) is 8.62. The Hall–Kier alpha value is -1.72. The molecular formula is C23H26Cl2N2O2. The van der Waals surface area contributed by atoms with Crippen molar-refractivity contribution < 1.29 is 9.84 Å². The number of fused-ring (bicyclic) bond motifs is 1. The highest BCUT2D eigenvalue weighted by molar-refractivity contribution is 6.36. The molecule has 2 N–H and O–H groups in total. The Morgan fingerprint density at radius 3 is 2.55 bits per heavy atom. The van der Waals surface area contributed by atoms with Gasteiger partial charge in [-0.1, -0.05) is 35.3 Å². The molecule has 0 aliphatic carbocycles. The van der Waals surface area contributed by atoms with Gasteiger partial charge < -0.3 is 20.1 Å². The molecule has 1 fully saturated rings. The number of benzene rings is 2. The molecular weight excluding hydrogens is 407 g/mol. The van der Waals surface area contributed by atoms with Crippen LogP contribution in [0.5, 0.6) is 5.75 Å². The van der Waals surface area contributed by atoms with Crippen molar-refractivity contribution in [1.82, 2.24) is 5.32 Å². The van der Waals surface area contributed by atoms with E-state index in [2.05, 4.69) is 40.6 Å². The summed E-state index contributed by atoms with van der Waals surface area (Å²) in [5.41, 5.74) is 4.61. The van der Waals surface area contributed by atoms with E-state index in [4.69, 9.17) is 27.9 Å². The number of piperidine rings is 1. The Morgan fingerprint density at radius 1 is 1.07 bits per heavy atom. The summed E-state index contributed by atoms with van der Waals surface area (Å²) in [4.78, 5) is 2.40. The largest absolute Gasteiger partial charge is 0.487 e. The van der Waals surface area contributed by atoms with Crippen LogP contribution >= 0.6 is 23.2 Å². The molecule has 0 bridgehead atoms. The van der Waals surface area contributed by atoms with Crippen LogP contribution in [0.2, 0.25) is 10.0 Å². The third-order valence-corrected chi connectivity index (χ3v) is 6.15. The zero-order chi connectivity index (χ0) is 20.2. The van der Waals surface area contributed by atoms with Crippen molar-refractivity contribution >= 4 is 35.0 Å². The minimum Gasteiger partial charge on any atom is -0.487 e. The van der Waals surface area contributed by atoms with Crippen molar-refractivity contribution in [3.63, 3.8) is 0 Å². The fourth-order valence-electron chi connectivity index (χ4n) is 3.93. The molecule has 154 valence electrons. The summed E-state index contributed by atoms with van der Waals surface area (Å²) in [6.45, 7) is 4.43. The van der Waals surface area contributed by atoms with Gasteiger partial charge in [-0.3, -0.25) is 0 Å². The fourth-order valence-corrected chi connectivity index (χ4v) is 4.50. The lowest BCUT2D eigenvalue weighted by Crippen LogP contribution is -2.34. The molecule has 0 spiro atoms. The van der Waals surface area contributed by atoms with Crippen LogP contribution in [0, 0.1) is 5.92 Å². The lowest BCUT2D eigenvalue weighted by molar-refractivity contribution is 0.203. The van der Waals surface area contributed by atoms with Crippen molar-refractivity contribution in [2.75, 3.05) is 37.7 Å². The maximum atomic E-state index is 9.28. The SMILES string of the molecule is OCC1CCN(c2ccc(CNCC3=Cc4cc(Cl)cc(Cl)c4OC3)cc2)CC1. The lowest BCUT2D eigenvalue weighted by Gasteiger charge is -2.33. The van der Waals surface area contributed by atoms with E-state index >= 15 is 0 Å². The molecule has 2 aromatic carbocycles. The molecule has 2 heterocycles. The Balaban J connectivity index is 1.29. The highest BCUT2D eigenvalue weighted by Crippen LogP contribution is 2.36. The predicted octanol–water partition coefficient (Wildman–Crippen LogP) is 4.77. The van der Waals surface area contributed by atoms with E-state index in [0.29, 0.717) is 34.9 Å². The van der Waals surface area contributed by atoms with E-state index in [1.165, 1.54) is 16.8 Å². The number of nitrogens with one attached hydrogen (secondary N) is 1. The number of aliphatic hydroxyl groups excluding tert-OH is 1. The first-order valence-corrected chi connectivity index (χ1v) is 10.8. The Labute approximate surface area is 182 Å². The number of rotatable bonds is 6. The summed E-state index contributed by atoms with van der Waals surface area (Å²) in [6, 6.07) is 12.3. The lowest BCUT2D eigenvalue weighted by atomic mass is 9.97. The maximum Gasteiger partial charge on any atom is 0.145 e. The summed E-state index contributed by atoms with van der Waals surface area (Å²) in [6.07, 6.45) is 4.23. The first kappa shape index (κ1) is 20.5. The minimum absolute atomic E-state index is 0.311. The van der Waals surface area contributed by atoms with Crippen molar-refractivity contribution in [3.8, 4) is 5.75 Å². The smallest absolute Gasteiger partial charge is 0.145 e. The molecule has 0 unspecified atom stereocenters. The molecule has 0 radical (unpaired) electrons. The average molecular weight is 433 g/mol. The summed E-state index contributed by atoms with van der Waals surface area (Å²) >= 11 is 12.3. The first-order valence-electron chi connectivity index (χ1n) is 10.1. The molecule has 0 atom stereocenters. The number of ether oxygens (including phenoxy) is 1. The van der Waals surface area contributed by atoms with Crippen LogP contribution in [0.4, 0.5) is 5.69 Å². The van der Waals surface area contributed by atoms with Gasteiger partial charge in [0, 0.05) is 49.1 Å². The van der Waals surface area contributed by atoms with Gasteiger partial charge in [0.15, 0.2) is 0 Å². The van der Waals surface area contributed by atoms with E-state index in [0.717, 1.165) is 44.6 Å². The topological polar surface area (TPSA) is 44.7 Å². The number of hydrogen-bond donors (Lipinski definition) is 2. The van der Waals surface area contributed by atoms with Crippen LogP contribution in [0.25, 0.3) is 6.08 Å². The van der Waals surface area contributed by atoms with Gasteiger partial charge >= 0.3 is 0 Å². The predicted molar refractivity (Wildman–Crippen MR) is 120 cm³/mol. The number of hydrogen-bond acceptors (Lipinski definition) is 4. The summed E-state index contributed by atoms with van der Waals surface area (Å²) in [7, 11) is 0. The number of halogens is 2. The summed E-state index contributed by atoms with van der Waals surface area (Å²) in [5.74, 6) is 1.17. The standard InChI is InChI=1S/C23H26Cl2N2O2/c24-20-10-19-9-18(15-29-23(19)22(25)11-20)13-26-12-16-1-3-21(4-2-16)27-7-5-17(14-28)6-8-27/h1-4,9-11,17,26,28H,5-8,12-15H2. The van der Waals surface area contributed by atoms with Crippen molar-refractivity contribution in [3.05, 3.63) is 63.1 Å². The summed E-state index contributed by atoms with van der Waals surface area (Å²) in [5, 5.41) is 13.9. The highest BCUT2D eigenvalue weighted by Gasteiger charge is 2.19. The van der Waals surface area contributed by atoms with Crippen LogP contribution in [0.1, 0.15) is 24.0 Å². The summed E-state index contributed by atoms with van der Waals surface area (Å²) < 4.78 is 5.80. The van der Waals surface area contributed by atoms with Crippen molar-refractivity contribution in [2.45, 2.75) is 19.4 Å². The molecule has 2 aliphatic rings. The minimum atomic E-state index is 0.311. The molecule has 0 aromatic heterocycles. The first-order chi connectivity index (χ1) is 14.1. The van der Waals surface area contributed by atoms with E-state index < -0.39 is 0 Å². The molecule has 4 nitrogen and oxygen atoms in total. The van der Waals surface area contributed by atoms with E-state index in [1.807, 2.05) is 6.07 Å². The molecule has 2 aromatic rings. The normalized spacial score (nSPS) is 16.9. The highest BCUT2D eigenvalue weighted by atomic mass is 35.5. The monoisotopic (exact) mass is 432 g/mol. The molecule has 1 saturated heterocycles. The zero-order valence-electron chi connectivity index (χ0n) is 16.3. The Bertz CT molecular complexity index is 875. The van der Waals surface area contributed by atoms with Crippen LogP contribution in [0.15, 0.2) is 42.0 Å². The van der Waals surface area contributed by atoms with Gasteiger partial charge in [-0.2, -0.15) is 0 Å². The van der Waals surface area contributed by atoms with Gasteiger partial charge in [0.05, 0.1) is 5.02 Å². The maximum absolute atomic E-state index is 9.28. The van der Waals surface area contributed by atoms with Crippen molar-refractivity contribution in [2.24, 2.45) is 5.92 Å². The third-order valence-electron chi connectivity index (χ3n) is 5.65. The number of aliphatic hydroxyl groups is 1. The quantitative estimate of drug-likeness (QED) is 0.689. The average Bonchev–Trinajstić information content (AvgIpc) is 2.74. The van der Waals surface area contributed by atoms with Crippen molar-refractivity contribution in [1.29, 1.82) is 0 Å². The van der Waals surface area contributed by atoms with E-state index in [1.54, 1.807) is 6.07 Å². The van der Waals surface area contributed by atoms with Gasteiger partial charge in [0.1, 0.15) is 12.4 Å². The zero-order valence-corrected chi connectivity index (χ0v) is 17.8. The molecule has 4 rings (SSSR count). The Kier molecular flexibility index (Phi) is 6.66. The fraction of sp³-hybridized carbons (Fsp3) is 0.391. The second kappa shape index (κ2) is 9.40. The van der Waals surface area contributed by atoms with E-state index in [9.17, 15) is 5.11 Å². The second-order valence-electron chi connectivity index (χ2n) is 7.78. The Morgan fingerprint density at radius 2 is 1.83 bits per heavy atom. The van der Waals surface area contributed by atoms with Crippen LogP contribution in [-0.4, -0.2) is 38.0 Å². The molecule has 29 heavy (non-hydrogen) atoms. The van der Waals surface area contributed by atoms with Gasteiger partial charge in [-0.15, -0.1) is 0 Å². The number of anilines is 1. The molecule has 2 aliphatic heterocycles. The van der Waals surface area contributed by atoms with Gasteiger partial charge in [0.2, 0.25) is 0 Å². The van der Waals surface area contributed by atoms with Gasteiger partial charge in [0.25, 0.3) is 0 Å². The third kappa shape index (κ3) is 5.07. The van der Waals surface area contributed by atoms with Gasteiger partial charge in [-0.25, -0.2) is 0 Å². The van der Waals surface area contributed by atoms with Gasteiger partial charge in [-0.05, 0) is 60.2 Å². The molecule has 6 heteroatoms. The number of nitrogens with zero attached hydrogens (tertiary/aromatic N) is 1. The van der Waals surface area contributed by atoms with Crippen LogP contribution < -0.4 is 15.0 Å². The van der Waals surface area contributed by atoms with Crippen LogP contribution in [-0.2, 0) is 6.54 Å². The van der Waals surface area contributed by atoms with Crippen LogP contribution in [0.3, 0.4) is 0 Å². The van der Waals surface area contributed by atoms with E-state index in [-0.39, 0.29) is 0 Å². The molecule has 0 amide bonds.